The van der Waals surface area contributed by atoms with Crippen molar-refractivity contribution in [2.24, 2.45) is 5.73 Å². The first-order chi connectivity index (χ1) is 9.88. The minimum atomic E-state index is -4.31. The molecule has 3 unspecified atom stereocenters. The fourth-order valence-corrected chi connectivity index (χ4v) is 3.42. The molecule has 0 amide bonds. The average molecular weight is 300 g/mol. The van der Waals surface area contributed by atoms with Crippen molar-refractivity contribution in [2.75, 3.05) is 6.54 Å². The van der Waals surface area contributed by atoms with Crippen LogP contribution in [0.1, 0.15) is 50.3 Å². The average Bonchev–Trinajstić information content (AvgIpc) is 2.81. The summed E-state index contributed by atoms with van der Waals surface area (Å²) in [4.78, 5) is 2.30. The van der Waals surface area contributed by atoms with Crippen LogP contribution in [0.2, 0.25) is 0 Å². The number of rotatable bonds is 4. The lowest BCUT2D eigenvalue weighted by molar-refractivity contribution is -0.137. The predicted octanol–water partition coefficient (Wildman–Crippen LogP) is 3.97. The van der Waals surface area contributed by atoms with E-state index >= 15 is 0 Å². The van der Waals surface area contributed by atoms with Crippen molar-refractivity contribution < 1.29 is 13.2 Å². The largest absolute Gasteiger partial charge is 0.416 e. The molecule has 2 rings (SSSR count). The first kappa shape index (κ1) is 16.3. The lowest BCUT2D eigenvalue weighted by atomic mass is 10.00. The van der Waals surface area contributed by atoms with Crippen LogP contribution in [0.5, 0.6) is 0 Å². The standard InChI is InChI=1S/C16H23F3N2/c1-3-14-8-7-11(2)21(14)15(10-20)12-5-4-6-13(9-12)16(17,18)19/h4-6,9,11,14-15H,3,7-8,10,20H2,1-2H3. The zero-order chi connectivity index (χ0) is 15.6. The molecular formula is C16H23F3N2. The summed E-state index contributed by atoms with van der Waals surface area (Å²) in [6.45, 7) is 4.59. The molecule has 0 radical (unpaired) electrons. The van der Waals surface area contributed by atoms with Gasteiger partial charge in [-0.15, -0.1) is 0 Å². The molecule has 0 bridgehead atoms. The van der Waals surface area contributed by atoms with Gasteiger partial charge in [-0.1, -0.05) is 19.1 Å². The van der Waals surface area contributed by atoms with Gasteiger partial charge in [-0.3, -0.25) is 4.90 Å². The molecule has 1 aliphatic rings. The molecule has 1 aromatic rings. The summed E-state index contributed by atoms with van der Waals surface area (Å²) < 4.78 is 38.7. The maximum absolute atomic E-state index is 12.9. The molecule has 3 atom stereocenters. The van der Waals surface area contributed by atoms with Gasteiger partial charge in [0.1, 0.15) is 0 Å². The van der Waals surface area contributed by atoms with E-state index in [1.807, 2.05) is 0 Å². The number of hydrogen-bond acceptors (Lipinski definition) is 2. The van der Waals surface area contributed by atoms with Gasteiger partial charge < -0.3 is 5.73 Å². The van der Waals surface area contributed by atoms with Crippen LogP contribution in [0.25, 0.3) is 0 Å². The van der Waals surface area contributed by atoms with Crippen molar-refractivity contribution in [2.45, 2.75) is 57.4 Å². The molecule has 2 nitrogen and oxygen atoms in total. The van der Waals surface area contributed by atoms with Gasteiger partial charge in [0.2, 0.25) is 0 Å². The van der Waals surface area contributed by atoms with Gasteiger partial charge in [0, 0.05) is 24.7 Å². The predicted molar refractivity (Wildman–Crippen MR) is 77.9 cm³/mol. The van der Waals surface area contributed by atoms with Gasteiger partial charge in [0.05, 0.1) is 5.56 Å². The molecule has 118 valence electrons. The highest BCUT2D eigenvalue weighted by atomic mass is 19.4. The number of hydrogen-bond donors (Lipinski definition) is 1. The van der Waals surface area contributed by atoms with Crippen LogP contribution in [-0.4, -0.2) is 23.5 Å². The fraction of sp³-hybridized carbons (Fsp3) is 0.625. The normalized spacial score (nSPS) is 25.2. The first-order valence-corrected chi connectivity index (χ1v) is 7.53. The van der Waals surface area contributed by atoms with Crippen molar-refractivity contribution in [1.29, 1.82) is 0 Å². The van der Waals surface area contributed by atoms with Crippen LogP contribution in [0.3, 0.4) is 0 Å². The first-order valence-electron chi connectivity index (χ1n) is 7.53. The van der Waals surface area contributed by atoms with Gasteiger partial charge in [0.15, 0.2) is 0 Å². The molecule has 0 saturated carbocycles. The molecule has 0 aliphatic carbocycles. The van der Waals surface area contributed by atoms with Gasteiger partial charge in [-0.2, -0.15) is 13.2 Å². The van der Waals surface area contributed by atoms with E-state index in [2.05, 4.69) is 18.7 Å². The van der Waals surface area contributed by atoms with Crippen LogP contribution >= 0.6 is 0 Å². The van der Waals surface area contributed by atoms with E-state index in [-0.39, 0.29) is 6.04 Å². The Morgan fingerprint density at radius 2 is 2.05 bits per heavy atom. The Morgan fingerprint density at radius 1 is 1.33 bits per heavy atom. The number of halogens is 3. The smallest absolute Gasteiger partial charge is 0.329 e. The van der Waals surface area contributed by atoms with Gasteiger partial charge in [-0.05, 0) is 43.9 Å². The molecule has 0 spiro atoms. The van der Waals surface area contributed by atoms with Crippen LogP contribution < -0.4 is 5.73 Å². The van der Waals surface area contributed by atoms with Gasteiger partial charge >= 0.3 is 6.18 Å². The summed E-state index contributed by atoms with van der Waals surface area (Å²) in [5.74, 6) is 0. The summed E-state index contributed by atoms with van der Waals surface area (Å²) in [5, 5.41) is 0. The maximum atomic E-state index is 12.9. The Kier molecular flexibility index (Phi) is 4.94. The zero-order valence-electron chi connectivity index (χ0n) is 12.5. The topological polar surface area (TPSA) is 29.3 Å². The number of likely N-dealkylation sites (tertiary alicyclic amines) is 1. The Hall–Kier alpha value is -1.07. The van der Waals surface area contributed by atoms with E-state index < -0.39 is 11.7 Å². The minimum Gasteiger partial charge on any atom is -0.329 e. The molecule has 0 aromatic heterocycles. The molecule has 1 fully saturated rings. The van der Waals surface area contributed by atoms with Gasteiger partial charge in [-0.25, -0.2) is 0 Å². The summed E-state index contributed by atoms with van der Waals surface area (Å²) >= 11 is 0. The van der Waals surface area contributed by atoms with Crippen LogP contribution in [0, 0.1) is 0 Å². The number of nitrogens with zero attached hydrogens (tertiary/aromatic N) is 1. The Bertz CT molecular complexity index is 473. The van der Waals surface area contributed by atoms with E-state index in [0.29, 0.717) is 24.2 Å². The van der Waals surface area contributed by atoms with Crippen molar-refractivity contribution in [3.05, 3.63) is 35.4 Å². The highest BCUT2D eigenvalue weighted by Gasteiger charge is 2.36. The highest BCUT2D eigenvalue weighted by Crippen LogP contribution is 2.36. The molecule has 21 heavy (non-hydrogen) atoms. The summed E-state index contributed by atoms with van der Waals surface area (Å²) in [6.07, 6.45) is -1.14. The second kappa shape index (κ2) is 6.36. The summed E-state index contributed by atoms with van der Waals surface area (Å²) in [7, 11) is 0. The molecule has 1 heterocycles. The SMILES string of the molecule is CCC1CCC(C)N1C(CN)c1cccc(C(F)(F)F)c1. The summed E-state index contributed by atoms with van der Waals surface area (Å²) in [5.41, 5.74) is 5.97. The van der Waals surface area contributed by atoms with E-state index in [0.717, 1.165) is 25.3 Å². The van der Waals surface area contributed by atoms with E-state index in [9.17, 15) is 13.2 Å². The van der Waals surface area contributed by atoms with Crippen molar-refractivity contribution in [1.82, 2.24) is 4.90 Å². The van der Waals surface area contributed by atoms with Crippen LogP contribution in [0.4, 0.5) is 13.2 Å². The fourth-order valence-electron chi connectivity index (χ4n) is 3.42. The van der Waals surface area contributed by atoms with Crippen molar-refractivity contribution in [3.8, 4) is 0 Å². The molecule has 1 aromatic carbocycles. The van der Waals surface area contributed by atoms with E-state index in [4.69, 9.17) is 5.73 Å². The number of benzene rings is 1. The molecule has 1 aliphatic heterocycles. The third kappa shape index (κ3) is 3.40. The molecule has 2 N–H and O–H groups in total. The third-order valence-corrected chi connectivity index (χ3v) is 4.50. The van der Waals surface area contributed by atoms with E-state index in [1.54, 1.807) is 6.07 Å². The monoisotopic (exact) mass is 300 g/mol. The Labute approximate surface area is 124 Å². The van der Waals surface area contributed by atoms with Crippen molar-refractivity contribution >= 4 is 0 Å². The Morgan fingerprint density at radius 3 is 2.62 bits per heavy atom. The van der Waals surface area contributed by atoms with Gasteiger partial charge in [0.25, 0.3) is 0 Å². The van der Waals surface area contributed by atoms with Crippen LogP contribution in [0.15, 0.2) is 24.3 Å². The molecule has 1 saturated heterocycles. The highest BCUT2D eigenvalue weighted by molar-refractivity contribution is 5.28. The minimum absolute atomic E-state index is 0.144. The maximum Gasteiger partial charge on any atom is 0.416 e. The van der Waals surface area contributed by atoms with Crippen molar-refractivity contribution in [3.63, 3.8) is 0 Å². The Balaban J connectivity index is 2.33. The molecule has 5 heteroatoms. The quantitative estimate of drug-likeness (QED) is 0.911. The number of alkyl halides is 3. The second-order valence-electron chi connectivity index (χ2n) is 5.81. The van der Waals surface area contributed by atoms with Crippen LogP contribution in [-0.2, 0) is 6.18 Å². The number of nitrogens with two attached hydrogens (primary N) is 1. The summed E-state index contributed by atoms with van der Waals surface area (Å²) in [6, 6.07) is 6.21. The third-order valence-electron chi connectivity index (χ3n) is 4.50. The molecular weight excluding hydrogens is 277 g/mol. The second-order valence-corrected chi connectivity index (χ2v) is 5.81. The zero-order valence-corrected chi connectivity index (χ0v) is 12.5. The van der Waals surface area contributed by atoms with E-state index in [1.165, 1.54) is 12.1 Å². The lowest BCUT2D eigenvalue weighted by Crippen LogP contribution is -2.41. The lowest BCUT2D eigenvalue weighted by Gasteiger charge is -2.36.